The summed E-state index contributed by atoms with van der Waals surface area (Å²) in [6.45, 7) is 1.95. The number of aryl methyl sites for hydroxylation is 1. The molecule has 8 heteroatoms. The van der Waals surface area contributed by atoms with Gasteiger partial charge >= 0.3 is 17.8 Å². The Labute approximate surface area is 190 Å². The first-order valence-corrected chi connectivity index (χ1v) is 10.1. The van der Waals surface area contributed by atoms with Gasteiger partial charge < -0.3 is 10.1 Å². The molecule has 2 N–H and O–H groups in total. The quantitative estimate of drug-likeness (QED) is 0.194. The molecule has 0 spiro atoms. The van der Waals surface area contributed by atoms with Gasteiger partial charge in [-0.05, 0) is 48.4 Å². The van der Waals surface area contributed by atoms with E-state index in [1.807, 2.05) is 19.1 Å². The second kappa shape index (κ2) is 10.9. The van der Waals surface area contributed by atoms with Gasteiger partial charge in [0.2, 0.25) is 0 Å². The third-order valence-electron chi connectivity index (χ3n) is 4.40. The van der Waals surface area contributed by atoms with Gasteiger partial charge in [-0.2, -0.15) is 5.10 Å². The molecular formula is C24H20ClN3O4. The maximum atomic E-state index is 12.4. The molecule has 0 saturated carbocycles. The Kier molecular flexibility index (Phi) is 7.72. The standard InChI is InChI=1S/C24H20ClN3O4/c1-2-16-8-3-5-12-20(16)27-22(29)23(30)28-26-15-18-9-4-6-13-21(18)32-24(31)17-10-7-11-19(25)14-17/h3-15H,2H2,1H3,(H,27,29)(H,28,30)/b26-15+. The number of anilines is 1. The Morgan fingerprint density at radius 1 is 0.969 bits per heavy atom. The molecule has 0 heterocycles. The molecule has 0 unspecified atom stereocenters. The van der Waals surface area contributed by atoms with E-state index in [0.717, 1.165) is 5.56 Å². The van der Waals surface area contributed by atoms with E-state index in [-0.39, 0.29) is 5.75 Å². The number of ether oxygens (including phenoxy) is 1. The summed E-state index contributed by atoms with van der Waals surface area (Å²) in [6.07, 6.45) is 1.99. The molecule has 0 aliphatic rings. The van der Waals surface area contributed by atoms with Crippen molar-refractivity contribution in [3.05, 3.63) is 94.5 Å². The smallest absolute Gasteiger partial charge is 0.343 e. The van der Waals surface area contributed by atoms with Crippen LogP contribution in [0.1, 0.15) is 28.4 Å². The molecule has 0 aromatic heterocycles. The average molecular weight is 450 g/mol. The minimum absolute atomic E-state index is 0.233. The monoisotopic (exact) mass is 449 g/mol. The minimum atomic E-state index is -0.930. The van der Waals surface area contributed by atoms with Crippen LogP contribution in [-0.2, 0) is 16.0 Å². The number of benzene rings is 3. The van der Waals surface area contributed by atoms with Crippen molar-refractivity contribution in [1.29, 1.82) is 0 Å². The highest BCUT2D eigenvalue weighted by Crippen LogP contribution is 2.19. The highest BCUT2D eigenvalue weighted by atomic mass is 35.5. The van der Waals surface area contributed by atoms with Crippen LogP contribution in [0.5, 0.6) is 5.75 Å². The molecule has 0 aliphatic carbocycles. The molecule has 3 rings (SSSR count). The molecule has 0 saturated heterocycles. The normalized spacial score (nSPS) is 10.6. The van der Waals surface area contributed by atoms with E-state index in [4.69, 9.17) is 16.3 Å². The lowest BCUT2D eigenvalue weighted by molar-refractivity contribution is -0.136. The van der Waals surface area contributed by atoms with Crippen LogP contribution in [0.25, 0.3) is 0 Å². The van der Waals surface area contributed by atoms with E-state index in [0.29, 0.717) is 28.3 Å². The van der Waals surface area contributed by atoms with Crippen molar-refractivity contribution in [2.45, 2.75) is 13.3 Å². The van der Waals surface area contributed by atoms with Crippen molar-refractivity contribution < 1.29 is 19.1 Å². The summed E-state index contributed by atoms with van der Waals surface area (Å²) in [5.74, 6) is -2.13. The lowest BCUT2D eigenvalue weighted by Gasteiger charge is -2.09. The molecule has 7 nitrogen and oxygen atoms in total. The second-order valence-electron chi connectivity index (χ2n) is 6.60. The van der Waals surface area contributed by atoms with Crippen molar-refractivity contribution in [1.82, 2.24) is 5.43 Å². The highest BCUT2D eigenvalue weighted by molar-refractivity contribution is 6.39. The summed E-state index contributed by atoms with van der Waals surface area (Å²) in [4.78, 5) is 36.6. The topological polar surface area (TPSA) is 96.9 Å². The predicted molar refractivity (Wildman–Crippen MR) is 123 cm³/mol. The van der Waals surface area contributed by atoms with Gasteiger partial charge in [0.05, 0.1) is 11.8 Å². The number of para-hydroxylation sites is 2. The Bertz CT molecular complexity index is 1180. The van der Waals surface area contributed by atoms with E-state index in [2.05, 4.69) is 15.8 Å². The van der Waals surface area contributed by atoms with Gasteiger partial charge in [-0.15, -0.1) is 0 Å². The number of carbonyl (C=O) groups excluding carboxylic acids is 3. The fourth-order valence-corrected chi connectivity index (χ4v) is 2.99. The zero-order chi connectivity index (χ0) is 22.9. The number of esters is 1. The minimum Gasteiger partial charge on any atom is -0.422 e. The summed E-state index contributed by atoms with van der Waals surface area (Å²) in [5, 5.41) is 6.78. The number of rotatable bonds is 6. The molecule has 3 aromatic rings. The highest BCUT2D eigenvalue weighted by Gasteiger charge is 2.15. The van der Waals surface area contributed by atoms with Crippen LogP contribution in [0, 0.1) is 0 Å². The largest absolute Gasteiger partial charge is 0.422 e. The van der Waals surface area contributed by atoms with Gasteiger partial charge in [-0.1, -0.05) is 54.9 Å². The number of hydrogen-bond donors (Lipinski definition) is 2. The lowest BCUT2D eigenvalue weighted by Crippen LogP contribution is -2.32. The fraction of sp³-hybridized carbons (Fsp3) is 0.0833. The average Bonchev–Trinajstić information content (AvgIpc) is 2.80. The van der Waals surface area contributed by atoms with E-state index in [1.54, 1.807) is 54.6 Å². The van der Waals surface area contributed by atoms with Gasteiger partial charge in [0.25, 0.3) is 0 Å². The lowest BCUT2D eigenvalue weighted by atomic mass is 10.1. The fourth-order valence-electron chi connectivity index (χ4n) is 2.80. The summed E-state index contributed by atoms with van der Waals surface area (Å²) in [5.41, 5.74) is 4.37. The molecule has 2 amide bonds. The first-order valence-electron chi connectivity index (χ1n) is 9.77. The number of nitrogens with zero attached hydrogens (tertiary/aromatic N) is 1. The predicted octanol–water partition coefficient (Wildman–Crippen LogP) is 4.21. The van der Waals surface area contributed by atoms with Crippen molar-refractivity contribution in [3.8, 4) is 5.75 Å². The maximum absolute atomic E-state index is 12.4. The van der Waals surface area contributed by atoms with Gasteiger partial charge in [-0.25, -0.2) is 10.2 Å². The summed E-state index contributed by atoms with van der Waals surface area (Å²) >= 11 is 5.91. The zero-order valence-electron chi connectivity index (χ0n) is 17.2. The number of carbonyl (C=O) groups is 3. The SMILES string of the molecule is CCc1ccccc1NC(=O)C(=O)N/N=C/c1ccccc1OC(=O)c1cccc(Cl)c1. The number of hydrogen-bond acceptors (Lipinski definition) is 5. The van der Waals surface area contributed by atoms with Crippen LogP contribution in [0.15, 0.2) is 77.9 Å². The molecule has 0 aliphatic heterocycles. The van der Waals surface area contributed by atoms with Gasteiger partial charge in [0, 0.05) is 16.3 Å². The molecule has 3 aromatic carbocycles. The molecule has 0 bridgehead atoms. The van der Waals surface area contributed by atoms with E-state index in [9.17, 15) is 14.4 Å². The van der Waals surface area contributed by atoms with Crippen molar-refractivity contribution in [3.63, 3.8) is 0 Å². The summed E-state index contributed by atoms with van der Waals surface area (Å²) in [6, 6.07) is 20.2. The summed E-state index contributed by atoms with van der Waals surface area (Å²) < 4.78 is 5.42. The number of halogens is 1. The molecule has 0 atom stereocenters. The van der Waals surface area contributed by atoms with Crippen LogP contribution in [0.2, 0.25) is 5.02 Å². The van der Waals surface area contributed by atoms with E-state index < -0.39 is 17.8 Å². The zero-order valence-corrected chi connectivity index (χ0v) is 17.9. The van der Waals surface area contributed by atoms with Gasteiger partial charge in [0.1, 0.15) is 5.75 Å². The third-order valence-corrected chi connectivity index (χ3v) is 4.64. The Balaban J connectivity index is 1.63. The second-order valence-corrected chi connectivity index (χ2v) is 7.04. The van der Waals surface area contributed by atoms with Crippen molar-refractivity contribution >= 4 is 41.3 Å². The number of amides is 2. The number of hydrazone groups is 1. The first-order chi connectivity index (χ1) is 15.5. The van der Waals surface area contributed by atoms with Crippen LogP contribution in [0.3, 0.4) is 0 Å². The molecule has 32 heavy (non-hydrogen) atoms. The third kappa shape index (κ3) is 6.02. The molecule has 162 valence electrons. The van der Waals surface area contributed by atoms with Gasteiger partial charge in [-0.3, -0.25) is 9.59 Å². The van der Waals surface area contributed by atoms with Crippen LogP contribution >= 0.6 is 11.6 Å². The molecule has 0 radical (unpaired) electrons. The first kappa shape index (κ1) is 22.7. The maximum Gasteiger partial charge on any atom is 0.343 e. The number of nitrogens with one attached hydrogen (secondary N) is 2. The van der Waals surface area contributed by atoms with E-state index in [1.165, 1.54) is 12.3 Å². The van der Waals surface area contributed by atoms with Crippen molar-refractivity contribution in [2.75, 3.05) is 5.32 Å². The molecular weight excluding hydrogens is 430 g/mol. The van der Waals surface area contributed by atoms with Crippen LogP contribution in [-0.4, -0.2) is 24.0 Å². The Hall–Kier alpha value is -3.97. The Morgan fingerprint density at radius 3 is 2.50 bits per heavy atom. The van der Waals surface area contributed by atoms with Crippen molar-refractivity contribution in [2.24, 2.45) is 5.10 Å². The van der Waals surface area contributed by atoms with Crippen LogP contribution < -0.4 is 15.5 Å². The van der Waals surface area contributed by atoms with Gasteiger partial charge in [0.15, 0.2) is 0 Å². The van der Waals surface area contributed by atoms with E-state index >= 15 is 0 Å². The Morgan fingerprint density at radius 2 is 1.72 bits per heavy atom. The molecule has 0 fully saturated rings. The summed E-state index contributed by atoms with van der Waals surface area (Å²) in [7, 11) is 0. The van der Waals surface area contributed by atoms with Crippen LogP contribution in [0.4, 0.5) is 5.69 Å².